The Bertz CT molecular complexity index is 466. The summed E-state index contributed by atoms with van der Waals surface area (Å²) in [6.07, 6.45) is -3.17. The third kappa shape index (κ3) is 3.70. The lowest BCUT2D eigenvalue weighted by Gasteiger charge is -2.25. The first-order valence-corrected chi connectivity index (χ1v) is 6.12. The summed E-state index contributed by atoms with van der Waals surface area (Å²) in [4.78, 5) is 17.5. The Morgan fingerprint density at radius 3 is 2.85 bits per heavy atom. The number of nitrogens with zero attached hydrogens (tertiary/aromatic N) is 1. The largest absolute Gasteiger partial charge is 0.434 e. The highest BCUT2D eigenvalue weighted by Gasteiger charge is 2.33. The van der Waals surface area contributed by atoms with Crippen molar-refractivity contribution in [1.29, 1.82) is 0 Å². The van der Waals surface area contributed by atoms with E-state index in [2.05, 4.69) is 15.3 Å². The van der Waals surface area contributed by atoms with Crippen LogP contribution in [0.4, 0.5) is 13.2 Å². The lowest BCUT2D eigenvalue weighted by molar-refractivity contribution is -0.140. The molecule has 1 aliphatic heterocycles. The molecule has 1 saturated heterocycles. The number of ether oxygens (including phenoxy) is 1. The Kier molecular flexibility index (Phi) is 4.29. The summed E-state index contributed by atoms with van der Waals surface area (Å²) in [5.74, 6) is -0.333. The van der Waals surface area contributed by atoms with Gasteiger partial charge in [0.1, 0.15) is 11.9 Å². The number of aromatic nitrogens is 2. The predicted octanol–water partition coefficient (Wildman–Crippen LogP) is 0.551. The topological polar surface area (TPSA) is 93.0 Å². The predicted molar refractivity (Wildman–Crippen MR) is 62.4 cm³/mol. The summed E-state index contributed by atoms with van der Waals surface area (Å²) in [5, 5.41) is 2.48. The molecule has 0 radical (unpaired) electrons. The molecule has 0 saturated carbocycles. The molecule has 1 aliphatic rings. The van der Waals surface area contributed by atoms with Gasteiger partial charge in [-0.1, -0.05) is 0 Å². The third-order valence-electron chi connectivity index (χ3n) is 2.95. The Morgan fingerprint density at radius 1 is 1.55 bits per heavy atom. The van der Waals surface area contributed by atoms with E-state index < -0.39 is 18.0 Å². The van der Waals surface area contributed by atoms with Crippen molar-refractivity contribution in [3.05, 3.63) is 17.7 Å². The van der Waals surface area contributed by atoms with Crippen LogP contribution in [0.25, 0.3) is 0 Å². The van der Waals surface area contributed by atoms with E-state index in [0.717, 1.165) is 6.20 Å². The molecule has 1 fully saturated rings. The summed E-state index contributed by atoms with van der Waals surface area (Å²) in [6, 6.07) is -0.0709. The molecule has 0 aromatic carbocycles. The fraction of sp³-hybridized carbons (Fsp3) is 0.636. The minimum atomic E-state index is -4.50. The molecule has 1 aromatic heterocycles. The van der Waals surface area contributed by atoms with Crippen LogP contribution in [0.5, 0.6) is 0 Å². The van der Waals surface area contributed by atoms with Gasteiger partial charge in [0, 0.05) is 12.2 Å². The van der Waals surface area contributed by atoms with Crippen molar-refractivity contribution in [2.75, 3.05) is 6.61 Å². The summed E-state index contributed by atoms with van der Waals surface area (Å²) in [6.45, 7) is 0.192. The number of amides is 1. The Morgan fingerprint density at radius 2 is 2.30 bits per heavy atom. The van der Waals surface area contributed by atoms with Gasteiger partial charge in [0.05, 0.1) is 13.2 Å². The molecule has 6 nitrogen and oxygen atoms in total. The van der Waals surface area contributed by atoms with E-state index in [9.17, 15) is 18.0 Å². The lowest BCUT2D eigenvalue weighted by atomic mass is 10.1. The van der Waals surface area contributed by atoms with Crippen LogP contribution in [0, 0.1) is 0 Å². The highest BCUT2D eigenvalue weighted by molar-refractivity contribution is 5.80. The molecule has 0 aliphatic carbocycles. The van der Waals surface area contributed by atoms with Crippen molar-refractivity contribution in [2.24, 2.45) is 5.73 Å². The van der Waals surface area contributed by atoms with Gasteiger partial charge in [-0.05, 0) is 12.8 Å². The van der Waals surface area contributed by atoms with Gasteiger partial charge in [0.2, 0.25) is 5.91 Å². The minimum absolute atomic E-state index is 0.0400. The number of aromatic amines is 1. The van der Waals surface area contributed by atoms with Crippen LogP contribution in [0.15, 0.2) is 6.20 Å². The number of hydrogen-bond acceptors (Lipinski definition) is 4. The van der Waals surface area contributed by atoms with E-state index >= 15 is 0 Å². The molecule has 2 rings (SSSR count). The van der Waals surface area contributed by atoms with Crippen molar-refractivity contribution in [3.8, 4) is 0 Å². The van der Waals surface area contributed by atoms with Crippen LogP contribution in [0.1, 0.15) is 24.4 Å². The van der Waals surface area contributed by atoms with Gasteiger partial charge < -0.3 is 20.8 Å². The normalized spacial score (nSPS) is 23.6. The zero-order valence-electron chi connectivity index (χ0n) is 10.5. The molecule has 1 amide bonds. The molecule has 0 bridgehead atoms. The molecular formula is C11H15F3N4O2. The van der Waals surface area contributed by atoms with Gasteiger partial charge >= 0.3 is 6.18 Å². The van der Waals surface area contributed by atoms with E-state index in [-0.39, 0.29) is 24.3 Å². The molecule has 4 N–H and O–H groups in total. The number of alkyl halides is 3. The van der Waals surface area contributed by atoms with Gasteiger partial charge in [0.25, 0.3) is 0 Å². The smallest absolute Gasteiger partial charge is 0.367 e. The maximum atomic E-state index is 12.3. The second-order valence-electron chi connectivity index (χ2n) is 4.61. The Hall–Kier alpha value is -1.61. The number of carbonyl (C=O) groups is 1. The van der Waals surface area contributed by atoms with Gasteiger partial charge in [0.15, 0.2) is 5.69 Å². The molecule has 20 heavy (non-hydrogen) atoms. The van der Waals surface area contributed by atoms with E-state index in [1.165, 1.54) is 0 Å². The average molecular weight is 292 g/mol. The zero-order valence-corrected chi connectivity index (χ0v) is 10.5. The number of rotatable bonds is 3. The second kappa shape index (κ2) is 5.80. The SMILES string of the molecule is N[C@@H]1CC[C@@H](C(=O)NCc2nc(C(F)(F)F)c[nH]2)OC1. The van der Waals surface area contributed by atoms with Crippen LogP contribution >= 0.6 is 0 Å². The Balaban J connectivity index is 1.83. The van der Waals surface area contributed by atoms with Crippen molar-refractivity contribution in [1.82, 2.24) is 15.3 Å². The quantitative estimate of drug-likeness (QED) is 0.758. The van der Waals surface area contributed by atoms with Crippen LogP contribution in [0.3, 0.4) is 0 Å². The number of nitrogens with one attached hydrogen (secondary N) is 2. The fourth-order valence-corrected chi connectivity index (χ4v) is 1.86. The van der Waals surface area contributed by atoms with E-state index in [1.54, 1.807) is 0 Å². The molecule has 112 valence electrons. The molecule has 9 heteroatoms. The number of imidazole rings is 1. The molecule has 0 spiro atoms. The van der Waals surface area contributed by atoms with Gasteiger partial charge in [-0.2, -0.15) is 13.2 Å². The van der Waals surface area contributed by atoms with Crippen molar-refractivity contribution in [2.45, 2.75) is 37.7 Å². The van der Waals surface area contributed by atoms with Gasteiger partial charge in [-0.3, -0.25) is 4.79 Å². The minimum Gasteiger partial charge on any atom is -0.367 e. The first kappa shape index (κ1) is 14.8. The molecular weight excluding hydrogens is 277 g/mol. The van der Waals surface area contributed by atoms with E-state index in [4.69, 9.17) is 10.5 Å². The number of hydrogen-bond donors (Lipinski definition) is 3. The average Bonchev–Trinajstić information content (AvgIpc) is 2.85. The van der Waals surface area contributed by atoms with Crippen LogP contribution in [-0.2, 0) is 22.3 Å². The summed E-state index contributed by atoms with van der Waals surface area (Å²) >= 11 is 0. The number of nitrogens with two attached hydrogens (primary N) is 1. The molecule has 2 heterocycles. The monoisotopic (exact) mass is 292 g/mol. The Labute approximate surface area is 112 Å². The zero-order chi connectivity index (χ0) is 14.8. The standard InChI is InChI=1S/C11H15F3N4O2/c12-11(13,14)8-3-16-9(18-8)4-17-10(19)7-2-1-6(15)5-20-7/h3,6-7H,1-2,4-5,15H2,(H,16,18)(H,17,19)/t6-,7+/m1/s1. The highest BCUT2D eigenvalue weighted by atomic mass is 19.4. The second-order valence-corrected chi connectivity index (χ2v) is 4.61. The van der Waals surface area contributed by atoms with Gasteiger partial charge in [-0.25, -0.2) is 4.98 Å². The summed E-state index contributed by atoms with van der Waals surface area (Å²) < 4.78 is 42.2. The number of halogens is 3. The maximum Gasteiger partial charge on any atom is 0.434 e. The van der Waals surface area contributed by atoms with E-state index in [0.29, 0.717) is 19.4 Å². The van der Waals surface area contributed by atoms with Crippen molar-refractivity contribution < 1.29 is 22.7 Å². The van der Waals surface area contributed by atoms with Crippen LogP contribution in [-0.4, -0.2) is 34.6 Å². The van der Waals surface area contributed by atoms with Gasteiger partial charge in [-0.15, -0.1) is 0 Å². The van der Waals surface area contributed by atoms with Crippen LogP contribution in [0.2, 0.25) is 0 Å². The third-order valence-corrected chi connectivity index (χ3v) is 2.95. The fourth-order valence-electron chi connectivity index (χ4n) is 1.86. The van der Waals surface area contributed by atoms with Crippen LogP contribution < -0.4 is 11.1 Å². The maximum absolute atomic E-state index is 12.3. The van der Waals surface area contributed by atoms with Crippen molar-refractivity contribution >= 4 is 5.91 Å². The highest BCUT2D eigenvalue weighted by Crippen LogP contribution is 2.27. The first-order chi connectivity index (χ1) is 9.36. The number of carbonyl (C=O) groups excluding carboxylic acids is 1. The molecule has 1 aromatic rings. The van der Waals surface area contributed by atoms with Crippen molar-refractivity contribution in [3.63, 3.8) is 0 Å². The van der Waals surface area contributed by atoms with E-state index in [1.807, 2.05) is 0 Å². The summed E-state index contributed by atoms with van der Waals surface area (Å²) in [7, 11) is 0. The summed E-state index contributed by atoms with van der Waals surface area (Å²) in [5.41, 5.74) is 4.61. The molecule has 0 unspecified atom stereocenters. The first-order valence-electron chi connectivity index (χ1n) is 6.12. The molecule has 2 atom stereocenters. The number of H-pyrrole nitrogens is 1. The lowest BCUT2D eigenvalue weighted by Crippen LogP contribution is -2.43.